The number of imidazole rings is 1. The number of para-hydroxylation sites is 2. The van der Waals surface area contributed by atoms with E-state index in [0.29, 0.717) is 36.8 Å². The van der Waals surface area contributed by atoms with Crippen LogP contribution >= 0.6 is 0 Å². The van der Waals surface area contributed by atoms with E-state index < -0.39 is 12.1 Å². The molecular weight excluding hydrogens is 533 g/mol. The van der Waals surface area contributed by atoms with Gasteiger partial charge in [-0.15, -0.1) is 0 Å². The van der Waals surface area contributed by atoms with Gasteiger partial charge in [-0.25, -0.2) is 9.59 Å². The number of piperidine rings is 1. The number of aromatic nitrogens is 2. The molecule has 2 aromatic carbocycles. The first-order chi connectivity index (χ1) is 19.0. The number of aliphatic carboxylic acids is 1. The number of H-pyrrole nitrogens is 1. The summed E-state index contributed by atoms with van der Waals surface area (Å²) >= 11 is 0. The Labute approximate surface area is 228 Å². The van der Waals surface area contributed by atoms with Crippen molar-refractivity contribution in [3.05, 3.63) is 58.5 Å². The van der Waals surface area contributed by atoms with Gasteiger partial charge in [0.15, 0.2) is 0 Å². The number of alkyl halides is 3. The normalized spacial score (nSPS) is 14.3. The van der Waals surface area contributed by atoms with Crippen molar-refractivity contribution in [3.63, 3.8) is 0 Å². The number of carbonyl (C=O) groups excluding carboxylic acids is 1. The Bertz CT molecular complexity index is 1320. The molecule has 13 heteroatoms. The third-order valence-corrected chi connectivity index (χ3v) is 6.27. The molecule has 0 atom stereocenters. The molecule has 1 aromatic heterocycles. The number of carbonyl (C=O) groups is 2. The summed E-state index contributed by atoms with van der Waals surface area (Å²) in [7, 11) is 0. The van der Waals surface area contributed by atoms with Crippen molar-refractivity contribution >= 4 is 22.9 Å². The second kappa shape index (κ2) is 13.9. The molecule has 0 aliphatic carbocycles. The van der Waals surface area contributed by atoms with E-state index in [1.54, 1.807) is 18.2 Å². The Morgan fingerprint density at radius 1 is 1.05 bits per heavy atom. The molecule has 0 saturated carbocycles. The van der Waals surface area contributed by atoms with Gasteiger partial charge in [0, 0.05) is 43.9 Å². The molecule has 0 bridgehead atoms. The van der Waals surface area contributed by atoms with Gasteiger partial charge in [-0.2, -0.15) is 13.2 Å². The number of halogens is 3. The summed E-state index contributed by atoms with van der Waals surface area (Å²) in [5.74, 6) is -1.64. The first-order valence-electron chi connectivity index (χ1n) is 12.9. The molecule has 0 unspecified atom stereocenters. The fourth-order valence-corrected chi connectivity index (χ4v) is 4.47. The van der Waals surface area contributed by atoms with Gasteiger partial charge in [-0.1, -0.05) is 12.1 Å². The molecule has 218 valence electrons. The van der Waals surface area contributed by atoms with E-state index in [-0.39, 0.29) is 17.6 Å². The zero-order valence-electron chi connectivity index (χ0n) is 22.3. The number of hydrogen-bond donors (Lipinski definition) is 3. The van der Waals surface area contributed by atoms with Crippen LogP contribution in [0.25, 0.3) is 11.0 Å². The van der Waals surface area contributed by atoms with Crippen molar-refractivity contribution in [2.45, 2.75) is 38.9 Å². The third kappa shape index (κ3) is 8.25. The molecule has 1 saturated heterocycles. The lowest BCUT2D eigenvalue weighted by Crippen LogP contribution is -2.41. The largest absolute Gasteiger partial charge is 0.494 e. The third-order valence-electron chi connectivity index (χ3n) is 6.27. The molecule has 1 aliphatic rings. The Morgan fingerprint density at radius 3 is 2.17 bits per heavy atom. The lowest BCUT2D eigenvalue weighted by Gasteiger charge is -2.32. The Hall–Kier alpha value is -4.00. The van der Waals surface area contributed by atoms with Crippen molar-refractivity contribution in [2.24, 2.45) is 0 Å². The Morgan fingerprint density at radius 2 is 1.62 bits per heavy atom. The number of aromatic amines is 1. The van der Waals surface area contributed by atoms with Crippen molar-refractivity contribution in [1.82, 2.24) is 19.8 Å². The van der Waals surface area contributed by atoms with E-state index in [1.165, 1.54) is 0 Å². The number of carboxylic acids is 1. The predicted molar refractivity (Wildman–Crippen MR) is 142 cm³/mol. The second-order valence-corrected chi connectivity index (χ2v) is 9.01. The number of ether oxygens (including phenoxy) is 2. The summed E-state index contributed by atoms with van der Waals surface area (Å²) in [6, 6.07) is 13.3. The van der Waals surface area contributed by atoms with Gasteiger partial charge < -0.3 is 29.8 Å². The van der Waals surface area contributed by atoms with Gasteiger partial charge >= 0.3 is 17.8 Å². The predicted octanol–water partition coefficient (Wildman–Crippen LogP) is 3.83. The number of rotatable bonds is 9. The Balaban J connectivity index is 0.000000559. The topological polar surface area (TPSA) is 126 Å². The molecule has 40 heavy (non-hydrogen) atoms. The van der Waals surface area contributed by atoms with Crippen molar-refractivity contribution < 1.29 is 37.3 Å². The number of likely N-dealkylation sites (tertiary alicyclic amines) is 1. The fourth-order valence-electron chi connectivity index (χ4n) is 4.47. The van der Waals surface area contributed by atoms with Crippen LogP contribution in [0, 0.1) is 0 Å². The van der Waals surface area contributed by atoms with E-state index in [2.05, 4.69) is 15.2 Å². The van der Waals surface area contributed by atoms with Crippen LogP contribution < -0.4 is 20.5 Å². The van der Waals surface area contributed by atoms with Gasteiger partial charge in [0.1, 0.15) is 11.5 Å². The lowest BCUT2D eigenvalue weighted by atomic mass is 10.0. The van der Waals surface area contributed by atoms with Gasteiger partial charge in [0.25, 0.3) is 5.91 Å². The molecule has 1 amide bonds. The molecule has 2 heterocycles. The van der Waals surface area contributed by atoms with Crippen molar-refractivity contribution in [2.75, 3.05) is 39.4 Å². The van der Waals surface area contributed by atoms with Crippen LogP contribution in [-0.2, 0) is 4.79 Å². The first kappa shape index (κ1) is 30.5. The maximum Gasteiger partial charge on any atom is 0.490 e. The highest BCUT2D eigenvalue weighted by Crippen LogP contribution is 2.25. The SMILES string of the molecule is CCOc1cc(OCC)cc(C(=O)NCCN2CCC(n3c(=O)[nH]c4ccccc43)CC2)c1.O=C(O)C(F)(F)F. The average molecular weight is 567 g/mol. The van der Waals surface area contributed by atoms with E-state index in [0.717, 1.165) is 43.5 Å². The highest BCUT2D eigenvalue weighted by atomic mass is 19.4. The second-order valence-electron chi connectivity index (χ2n) is 9.01. The van der Waals surface area contributed by atoms with E-state index in [9.17, 15) is 22.8 Å². The van der Waals surface area contributed by atoms with Crippen molar-refractivity contribution in [3.8, 4) is 11.5 Å². The molecule has 1 aliphatic heterocycles. The number of nitrogens with one attached hydrogen (secondary N) is 2. The summed E-state index contributed by atoms with van der Waals surface area (Å²) < 4.78 is 44.8. The maximum atomic E-state index is 12.7. The number of benzene rings is 2. The van der Waals surface area contributed by atoms with E-state index in [1.807, 2.05) is 42.7 Å². The summed E-state index contributed by atoms with van der Waals surface area (Å²) in [6.07, 6.45) is -3.27. The number of hydrogen-bond acceptors (Lipinski definition) is 6. The molecule has 0 radical (unpaired) electrons. The lowest BCUT2D eigenvalue weighted by molar-refractivity contribution is -0.192. The van der Waals surface area contributed by atoms with Gasteiger partial charge in [0.2, 0.25) is 0 Å². The highest BCUT2D eigenvalue weighted by molar-refractivity contribution is 5.95. The average Bonchev–Trinajstić information content (AvgIpc) is 3.25. The summed E-state index contributed by atoms with van der Waals surface area (Å²) in [6.45, 7) is 7.97. The van der Waals surface area contributed by atoms with Gasteiger partial charge in [-0.05, 0) is 51.0 Å². The smallest absolute Gasteiger partial charge is 0.490 e. The number of fused-ring (bicyclic) bond motifs is 1. The monoisotopic (exact) mass is 566 g/mol. The highest BCUT2D eigenvalue weighted by Gasteiger charge is 2.38. The number of amides is 1. The summed E-state index contributed by atoms with van der Waals surface area (Å²) in [5.41, 5.74) is 2.34. The van der Waals surface area contributed by atoms with Crippen LogP contribution in [0.3, 0.4) is 0 Å². The maximum absolute atomic E-state index is 12.7. The summed E-state index contributed by atoms with van der Waals surface area (Å²) in [5, 5.41) is 10.1. The van der Waals surface area contributed by atoms with E-state index in [4.69, 9.17) is 19.4 Å². The molecule has 3 N–H and O–H groups in total. The molecule has 10 nitrogen and oxygen atoms in total. The van der Waals surface area contributed by atoms with Crippen LogP contribution in [0.15, 0.2) is 47.3 Å². The molecule has 4 rings (SSSR count). The summed E-state index contributed by atoms with van der Waals surface area (Å²) in [4.78, 5) is 39.3. The van der Waals surface area contributed by atoms with Crippen LogP contribution in [0.2, 0.25) is 0 Å². The standard InChI is InChI=1S/C25H32N4O4.C2HF3O2/c1-3-32-20-15-18(16-21(17-20)33-4-2)24(30)26-11-14-28-12-9-19(10-13-28)29-23-8-6-5-7-22(23)27-25(29)31;3-2(4,5)1(6)7/h5-8,15-17,19H,3-4,9-14H2,1-2H3,(H,26,30)(H,27,31);(H,6,7). The number of nitrogens with zero attached hydrogens (tertiary/aromatic N) is 2. The van der Waals surface area contributed by atoms with Crippen molar-refractivity contribution in [1.29, 1.82) is 0 Å². The van der Waals surface area contributed by atoms with Crippen LogP contribution in [0.1, 0.15) is 43.1 Å². The zero-order chi connectivity index (χ0) is 29.3. The molecule has 0 spiro atoms. The van der Waals surface area contributed by atoms with Crippen LogP contribution in [0.5, 0.6) is 11.5 Å². The first-order valence-corrected chi connectivity index (χ1v) is 12.9. The van der Waals surface area contributed by atoms with Gasteiger partial charge in [-0.3, -0.25) is 9.36 Å². The fraction of sp³-hybridized carbons (Fsp3) is 0.444. The minimum Gasteiger partial charge on any atom is -0.494 e. The van der Waals surface area contributed by atoms with Crippen LogP contribution in [-0.4, -0.2) is 77.0 Å². The molecular formula is C27H33F3N4O6. The zero-order valence-corrected chi connectivity index (χ0v) is 22.3. The van der Waals surface area contributed by atoms with Crippen LogP contribution in [0.4, 0.5) is 13.2 Å². The minimum atomic E-state index is -5.08. The minimum absolute atomic E-state index is 0.0392. The van der Waals surface area contributed by atoms with Gasteiger partial charge in [0.05, 0.1) is 24.2 Å². The molecule has 3 aromatic rings. The Kier molecular flexibility index (Phi) is 10.6. The number of carboxylic acid groups (broad SMARTS) is 1. The van der Waals surface area contributed by atoms with E-state index >= 15 is 0 Å². The quantitative estimate of drug-likeness (QED) is 0.360. The molecule has 1 fully saturated rings.